The van der Waals surface area contributed by atoms with Gasteiger partial charge in [0.25, 0.3) is 0 Å². The summed E-state index contributed by atoms with van der Waals surface area (Å²) in [6.45, 7) is 4.45. The summed E-state index contributed by atoms with van der Waals surface area (Å²) in [6, 6.07) is 0. The van der Waals surface area contributed by atoms with Crippen LogP contribution in [0.2, 0.25) is 0 Å². The van der Waals surface area contributed by atoms with Gasteiger partial charge in [-0.2, -0.15) is 0 Å². The Balaban J connectivity index is 1.64. The molecule has 16 heavy (non-hydrogen) atoms. The first-order valence-corrected chi connectivity index (χ1v) is 6.72. The molecule has 2 heterocycles. The molecule has 0 amide bonds. The minimum atomic E-state index is 0.0267. The van der Waals surface area contributed by atoms with Crippen molar-refractivity contribution in [2.24, 2.45) is 0 Å². The third-order valence-electron chi connectivity index (χ3n) is 3.58. The van der Waals surface area contributed by atoms with Crippen molar-refractivity contribution >= 4 is 0 Å². The highest BCUT2D eigenvalue weighted by molar-refractivity contribution is 4.96. The molecule has 0 aromatic rings. The number of hydrogen-bond acceptors (Lipinski definition) is 2. The van der Waals surface area contributed by atoms with Crippen LogP contribution in [0.4, 0.5) is 0 Å². The fourth-order valence-electron chi connectivity index (χ4n) is 2.33. The van der Waals surface area contributed by atoms with Crippen LogP contribution < -0.4 is 0 Å². The second-order valence-corrected chi connectivity index (χ2v) is 5.32. The lowest BCUT2D eigenvalue weighted by atomic mass is 9.92. The van der Waals surface area contributed by atoms with Gasteiger partial charge < -0.3 is 9.47 Å². The Labute approximate surface area is 99.0 Å². The minimum Gasteiger partial charge on any atom is -0.343 e. The lowest BCUT2D eigenvalue weighted by Gasteiger charge is -2.30. The summed E-state index contributed by atoms with van der Waals surface area (Å²) in [4.78, 5) is 0. The van der Waals surface area contributed by atoms with Gasteiger partial charge in [-0.15, -0.1) is 0 Å². The molecule has 0 bridgehead atoms. The second-order valence-electron chi connectivity index (χ2n) is 5.32. The Bertz CT molecular complexity index is 249. The number of rotatable bonds is 6. The topological polar surface area (TPSA) is 21.8 Å². The molecule has 0 radical (unpaired) electrons. The van der Waals surface area contributed by atoms with Crippen molar-refractivity contribution in [3.8, 4) is 0 Å². The van der Waals surface area contributed by atoms with E-state index >= 15 is 0 Å². The van der Waals surface area contributed by atoms with Crippen molar-refractivity contribution in [3.05, 3.63) is 12.2 Å². The minimum absolute atomic E-state index is 0.0267. The Morgan fingerprint density at radius 1 is 1.31 bits per heavy atom. The van der Waals surface area contributed by atoms with Crippen LogP contribution in [0.1, 0.15) is 58.8 Å². The summed E-state index contributed by atoms with van der Waals surface area (Å²) >= 11 is 0. The van der Waals surface area contributed by atoms with Crippen LogP contribution in [0.15, 0.2) is 12.2 Å². The van der Waals surface area contributed by atoms with Crippen LogP contribution >= 0.6 is 0 Å². The predicted octanol–water partition coefficient (Wildman–Crippen LogP) is 3.81. The van der Waals surface area contributed by atoms with E-state index in [0.717, 1.165) is 12.8 Å². The summed E-state index contributed by atoms with van der Waals surface area (Å²) < 4.78 is 11.3. The highest BCUT2D eigenvalue weighted by Crippen LogP contribution is 2.41. The molecule has 0 spiro atoms. The van der Waals surface area contributed by atoms with Crippen molar-refractivity contribution in [3.63, 3.8) is 0 Å². The Kier molecular flexibility index (Phi) is 4.04. The largest absolute Gasteiger partial charge is 0.343 e. The fourth-order valence-corrected chi connectivity index (χ4v) is 2.33. The van der Waals surface area contributed by atoms with E-state index in [9.17, 15) is 0 Å². The molecule has 0 saturated carbocycles. The van der Waals surface area contributed by atoms with E-state index in [0.29, 0.717) is 6.10 Å². The van der Waals surface area contributed by atoms with Crippen LogP contribution in [0.5, 0.6) is 0 Å². The first kappa shape index (κ1) is 12.1. The van der Waals surface area contributed by atoms with Crippen LogP contribution in [0.25, 0.3) is 0 Å². The highest BCUT2D eigenvalue weighted by atomic mass is 16.8. The Hall–Kier alpha value is -0.340. The maximum Gasteiger partial charge on any atom is 0.185 e. The number of hydrogen-bond donors (Lipinski definition) is 0. The molecular weight excluding hydrogens is 200 g/mol. The summed E-state index contributed by atoms with van der Waals surface area (Å²) in [6.07, 6.45) is 13.6. The molecule has 92 valence electrons. The third kappa shape index (κ3) is 3.33. The summed E-state index contributed by atoms with van der Waals surface area (Å²) in [5.41, 5.74) is 0.0267. The molecule has 0 N–H and O–H groups in total. The first-order chi connectivity index (χ1) is 7.73. The Morgan fingerprint density at radius 2 is 2.19 bits per heavy atom. The van der Waals surface area contributed by atoms with Gasteiger partial charge in [-0.25, -0.2) is 0 Å². The van der Waals surface area contributed by atoms with E-state index in [2.05, 4.69) is 26.0 Å². The standard InChI is InChI=1S/C14H24O2/c1-3-4-5-6-7-8-10-14(2)11-9-12-13(15-12)16-14/h7-8,12-13H,3-6,9-11H2,1-2H3/b8-7+/t12?,13?,14-/m1/s1. The molecule has 0 aliphatic carbocycles. The average Bonchev–Trinajstić information content (AvgIpc) is 3.01. The normalized spacial score (nSPS) is 37.6. The van der Waals surface area contributed by atoms with Gasteiger partial charge in [0.1, 0.15) is 6.10 Å². The zero-order chi connectivity index (χ0) is 11.4. The molecule has 2 rings (SSSR count). The molecular formula is C14H24O2. The zero-order valence-corrected chi connectivity index (χ0v) is 10.6. The van der Waals surface area contributed by atoms with Crippen LogP contribution in [-0.2, 0) is 9.47 Å². The smallest absolute Gasteiger partial charge is 0.185 e. The van der Waals surface area contributed by atoms with Gasteiger partial charge in [-0.1, -0.05) is 31.9 Å². The van der Waals surface area contributed by atoms with Crippen molar-refractivity contribution in [1.29, 1.82) is 0 Å². The molecule has 2 aliphatic rings. The van der Waals surface area contributed by atoms with Gasteiger partial charge in [0.15, 0.2) is 6.29 Å². The highest BCUT2D eigenvalue weighted by Gasteiger charge is 2.49. The zero-order valence-electron chi connectivity index (χ0n) is 10.6. The molecule has 2 nitrogen and oxygen atoms in total. The molecule has 2 saturated heterocycles. The monoisotopic (exact) mass is 224 g/mol. The van der Waals surface area contributed by atoms with Crippen molar-refractivity contribution < 1.29 is 9.47 Å². The summed E-state index contributed by atoms with van der Waals surface area (Å²) in [5, 5.41) is 0. The van der Waals surface area contributed by atoms with Gasteiger partial charge in [0, 0.05) is 0 Å². The lowest BCUT2D eigenvalue weighted by molar-refractivity contribution is -0.0899. The summed E-state index contributed by atoms with van der Waals surface area (Å²) in [5.74, 6) is 0. The molecule has 3 atom stereocenters. The lowest BCUT2D eigenvalue weighted by Crippen LogP contribution is -2.34. The van der Waals surface area contributed by atoms with Gasteiger partial charge in [-0.05, 0) is 39.0 Å². The van der Waals surface area contributed by atoms with E-state index in [-0.39, 0.29) is 11.9 Å². The van der Waals surface area contributed by atoms with Gasteiger partial charge in [0.2, 0.25) is 0 Å². The van der Waals surface area contributed by atoms with Gasteiger partial charge >= 0.3 is 0 Å². The number of allylic oxidation sites excluding steroid dienone is 1. The molecule has 2 heteroatoms. The number of fused-ring (bicyclic) bond motifs is 1. The van der Waals surface area contributed by atoms with E-state index < -0.39 is 0 Å². The first-order valence-electron chi connectivity index (χ1n) is 6.72. The van der Waals surface area contributed by atoms with Crippen LogP contribution in [0, 0.1) is 0 Å². The Morgan fingerprint density at radius 3 is 2.94 bits per heavy atom. The number of ether oxygens (including phenoxy) is 2. The molecule has 0 aromatic carbocycles. The van der Waals surface area contributed by atoms with E-state index in [1.165, 1.54) is 32.1 Å². The molecule has 2 fully saturated rings. The number of epoxide rings is 1. The third-order valence-corrected chi connectivity index (χ3v) is 3.58. The van der Waals surface area contributed by atoms with Crippen molar-refractivity contribution in [2.75, 3.05) is 0 Å². The van der Waals surface area contributed by atoms with Gasteiger partial charge in [-0.3, -0.25) is 0 Å². The quantitative estimate of drug-likeness (QED) is 0.389. The summed E-state index contributed by atoms with van der Waals surface area (Å²) in [7, 11) is 0. The van der Waals surface area contributed by atoms with Gasteiger partial charge in [0.05, 0.1) is 5.60 Å². The molecule has 2 aliphatic heterocycles. The maximum atomic E-state index is 5.90. The van der Waals surface area contributed by atoms with Crippen molar-refractivity contribution in [2.45, 2.75) is 76.8 Å². The van der Waals surface area contributed by atoms with E-state index in [1.807, 2.05) is 0 Å². The maximum absolute atomic E-state index is 5.90. The van der Waals surface area contributed by atoms with Crippen LogP contribution in [0.3, 0.4) is 0 Å². The predicted molar refractivity (Wildman–Crippen MR) is 65.3 cm³/mol. The van der Waals surface area contributed by atoms with E-state index in [1.54, 1.807) is 0 Å². The second kappa shape index (κ2) is 5.33. The van der Waals surface area contributed by atoms with Crippen LogP contribution in [-0.4, -0.2) is 18.0 Å². The fraction of sp³-hybridized carbons (Fsp3) is 0.857. The van der Waals surface area contributed by atoms with E-state index in [4.69, 9.17) is 9.47 Å². The average molecular weight is 224 g/mol. The number of unbranched alkanes of at least 4 members (excludes halogenated alkanes) is 3. The SMILES string of the molecule is CCCCC/C=C/C[C@]1(C)CCC2OC2O1. The van der Waals surface area contributed by atoms with Crippen molar-refractivity contribution in [1.82, 2.24) is 0 Å². The molecule has 2 unspecified atom stereocenters. The molecule has 0 aromatic heterocycles.